The van der Waals surface area contributed by atoms with Crippen LogP contribution in [0.5, 0.6) is 5.75 Å². The van der Waals surface area contributed by atoms with E-state index in [1.165, 1.54) is 12.8 Å². The number of ether oxygens (including phenoxy) is 1. The summed E-state index contributed by atoms with van der Waals surface area (Å²) in [5, 5.41) is 4.13. The molecule has 152 valence electrons. The molecule has 3 aromatic rings. The fraction of sp³-hybridized carbons (Fsp3) is 0.375. The Hall–Kier alpha value is -2.79. The van der Waals surface area contributed by atoms with Crippen LogP contribution in [-0.2, 0) is 0 Å². The number of amides is 1. The molecule has 1 saturated carbocycles. The molecule has 0 radical (unpaired) electrons. The molecule has 0 aliphatic heterocycles. The standard InChI is InChI=1S/C24H28N2O3/c1-26(2)24(14-7-8-15-24)22(17-9-5-4-6-10-17)25-23(27)19-11-12-20(28-3)21-18(19)13-16-29-21/h4-6,9-13,16,22H,7-8,14-15H2,1-3H3,(H,25,27). The quantitative estimate of drug-likeness (QED) is 0.655. The van der Waals surface area contributed by atoms with Crippen LogP contribution in [-0.4, -0.2) is 37.6 Å². The van der Waals surface area contributed by atoms with Gasteiger partial charge in [0.1, 0.15) is 0 Å². The van der Waals surface area contributed by atoms with Gasteiger partial charge in [0.15, 0.2) is 11.3 Å². The number of nitrogens with one attached hydrogen (secondary N) is 1. The third kappa shape index (κ3) is 3.40. The number of benzene rings is 2. The van der Waals surface area contributed by atoms with E-state index >= 15 is 0 Å². The van der Waals surface area contributed by atoms with Crippen LogP contribution in [0.2, 0.25) is 0 Å². The van der Waals surface area contributed by atoms with Gasteiger partial charge in [-0.3, -0.25) is 4.79 Å². The van der Waals surface area contributed by atoms with Crippen molar-refractivity contribution in [3.05, 3.63) is 65.9 Å². The number of carbonyl (C=O) groups excluding carboxylic acids is 1. The summed E-state index contributed by atoms with van der Waals surface area (Å²) in [4.78, 5) is 15.7. The summed E-state index contributed by atoms with van der Waals surface area (Å²) in [6, 6.07) is 15.6. The van der Waals surface area contributed by atoms with Gasteiger partial charge in [0.05, 0.1) is 25.0 Å². The van der Waals surface area contributed by atoms with Crippen molar-refractivity contribution in [2.45, 2.75) is 37.3 Å². The molecular weight excluding hydrogens is 364 g/mol. The van der Waals surface area contributed by atoms with E-state index < -0.39 is 0 Å². The lowest BCUT2D eigenvalue weighted by atomic mass is 9.82. The Morgan fingerprint density at radius 2 is 1.83 bits per heavy atom. The van der Waals surface area contributed by atoms with Gasteiger partial charge in [-0.15, -0.1) is 0 Å². The first-order valence-corrected chi connectivity index (χ1v) is 10.1. The molecule has 1 aliphatic carbocycles. The maximum absolute atomic E-state index is 13.4. The van der Waals surface area contributed by atoms with Crippen molar-refractivity contribution in [2.24, 2.45) is 0 Å². The van der Waals surface area contributed by atoms with Gasteiger partial charge in [-0.2, -0.15) is 0 Å². The first kappa shape index (κ1) is 19.5. The predicted octanol–water partition coefficient (Wildman–Crippen LogP) is 4.79. The normalized spacial score (nSPS) is 16.8. The smallest absolute Gasteiger partial charge is 0.252 e. The molecule has 1 N–H and O–H groups in total. The van der Waals surface area contributed by atoms with Crippen LogP contribution >= 0.6 is 0 Å². The largest absolute Gasteiger partial charge is 0.493 e. The molecule has 1 aromatic heterocycles. The van der Waals surface area contributed by atoms with E-state index in [0.717, 1.165) is 23.8 Å². The molecule has 0 bridgehead atoms. The van der Waals surface area contributed by atoms with E-state index in [4.69, 9.17) is 9.15 Å². The second-order valence-corrected chi connectivity index (χ2v) is 8.00. The highest BCUT2D eigenvalue weighted by Crippen LogP contribution is 2.43. The minimum absolute atomic E-state index is 0.0963. The maximum atomic E-state index is 13.4. The van der Waals surface area contributed by atoms with E-state index in [1.807, 2.05) is 30.3 Å². The molecule has 2 aromatic carbocycles. The van der Waals surface area contributed by atoms with Crippen LogP contribution in [0.25, 0.3) is 11.0 Å². The van der Waals surface area contributed by atoms with Crippen LogP contribution in [0.3, 0.4) is 0 Å². The average Bonchev–Trinajstić information content (AvgIpc) is 3.42. The lowest BCUT2D eigenvalue weighted by Gasteiger charge is -2.44. The molecule has 1 unspecified atom stereocenters. The minimum atomic E-state index is -0.0993. The van der Waals surface area contributed by atoms with Crippen molar-refractivity contribution in [3.8, 4) is 5.75 Å². The van der Waals surface area contributed by atoms with Crippen molar-refractivity contribution < 1.29 is 13.9 Å². The average molecular weight is 392 g/mol. The monoisotopic (exact) mass is 392 g/mol. The van der Waals surface area contributed by atoms with Gasteiger partial charge in [0.2, 0.25) is 0 Å². The number of hydrogen-bond acceptors (Lipinski definition) is 4. The summed E-state index contributed by atoms with van der Waals surface area (Å²) in [7, 11) is 5.84. The van der Waals surface area contributed by atoms with Crippen molar-refractivity contribution >= 4 is 16.9 Å². The number of nitrogens with zero attached hydrogens (tertiary/aromatic N) is 1. The maximum Gasteiger partial charge on any atom is 0.252 e. The lowest BCUT2D eigenvalue weighted by Crippen LogP contribution is -2.53. The zero-order valence-electron chi connectivity index (χ0n) is 17.3. The summed E-state index contributed by atoms with van der Waals surface area (Å²) >= 11 is 0. The fourth-order valence-electron chi connectivity index (χ4n) is 4.76. The first-order chi connectivity index (χ1) is 14.1. The number of methoxy groups -OCH3 is 1. The van der Waals surface area contributed by atoms with Crippen LogP contribution in [0.4, 0.5) is 0 Å². The van der Waals surface area contributed by atoms with Gasteiger partial charge < -0.3 is 19.4 Å². The van der Waals surface area contributed by atoms with Crippen LogP contribution < -0.4 is 10.1 Å². The number of fused-ring (bicyclic) bond motifs is 1. The van der Waals surface area contributed by atoms with Gasteiger partial charge in [-0.1, -0.05) is 43.2 Å². The molecule has 5 nitrogen and oxygen atoms in total. The Balaban J connectivity index is 1.74. The molecule has 0 saturated heterocycles. The predicted molar refractivity (Wildman–Crippen MR) is 114 cm³/mol. The summed E-state index contributed by atoms with van der Waals surface area (Å²) in [5.74, 6) is 0.530. The van der Waals surface area contributed by atoms with Gasteiger partial charge >= 0.3 is 0 Å². The second kappa shape index (κ2) is 7.91. The first-order valence-electron chi connectivity index (χ1n) is 10.1. The van der Waals surface area contributed by atoms with Gasteiger partial charge in [0, 0.05) is 10.9 Å². The fourth-order valence-corrected chi connectivity index (χ4v) is 4.76. The van der Waals surface area contributed by atoms with E-state index in [2.05, 4.69) is 36.4 Å². The molecule has 29 heavy (non-hydrogen) atoms. The minimum Gasteiger partial charge on any atom is -0.493 e. The number of furan rings is 1. The van der Waals surface area contributed by atoms with E-state index in [1.54, 1.807) is 19.4 Å². The highest BCUT2D eigenvalue weighted by atomic mass is 16.5. The van der Waals surface area contributed by atoms with Gasteiger partial charge in [0.25, 0.3) is 5.91 Å². The molecule has 1 atom stereocenters. The lowest BCUT2D eigenvalue weighted by molar-refractivity contribution is 0.0767. The molecule has 4 rings (SSSR count). The van der Waals surface area contributed by atoms with Gasteiger partial charge in [-0.25, -0.2) is 0 Å². The number of rotatable bonds is 6. The molecule has 5 heteroatoms. The summed E-state index contributed by atoms with van der Waals surface area (Å²) < 4.78 is 10.9. The Morgan fingerprint density at radius 1 is 1.10 bits per heavy atom. The van der Waals surface area contributed by atoms with Gasteiger partial charge in [-0.05, 0) is 50.7 Å². The van der Waals surface area contributed by atoms with Crippen molar-refractivity contribution in [1.29, 1.82) is 0 Å². The van der Waals surface area contributed by atoms with Crippen LogP contribution in [0.1, 0.15) is 47.6 Å². The number of likely N-dealkylation sites (N-methyl/N-ethyl adjacent to an activating group) is 1. The highest BCUT2D eigenvalue weighted by Gasteiger charge is 2.44. The molecule has 1 aliphatic rings. The molecule has 1 amide bonds. The Bertz CT molecular complexity index is 988. The van der Waals surface area contributed by atoms with E-state index in [-0.39, 0.29) is 17.5 Å². The van der Waals surface area contributed by atoms with Crippen LogP contribution in [0.15, 0.2) is 59.2 Å². The number of hydrogen-bond donors (Lipinski definition) is 1. The zero-order chi connectivity index (χ0) is 20.4. The van der Waals surface area contributed by atoms with E-state index in [9.17, 15) is 4.79 Å². The van der Waals surface area contributed by atoms with Crippen molar-refractivity contribution in [1.82, 2.24) is 10.2 Å². The molecule has 1 heterocycles. The van der Waals surface area contributed by atoms with Crippen LogP contribution in [0, 0.1) is 0 Å². The highest BCUT2D eigenvalue weighted by molar-refractivity contribution is 6.07. The van der Waals surface area contributed by atoms with Crippen molar-refractivity contribution in [3.63, 3.8) is 0 Å². The molecular formula is C24H28N2O3. The number of carbonyl (C=O) groups is 1. The molecule has 1 fully saturated rings. The Kier molecular flexibility index (Phi) is 5.33. The zero-order valence-corrected chi connectivity index (χ0v) is 17.3. The van der Waals surface area contributed by atoms with E-state index in [0.29, 0.717) is 16.9 Å². The summed E-state index contributed by atoms with van der Waals surface area (Å²) in [6.45, 7) is 0. The second-order valence-electron chi connectivity index (χ2n) is 8.00. The third-order valence-electron chi connectivity index (χ3n) is 6.35. The SMILES string of the molecule is COc1ccc(C(=O)NC(c2ccccc2)C2(N(C)C)CCCC2)c2ccoc12. The topological polar surface area (TPSA) is 54.7 Å². The Labute approximate surface area is 171 Å². The van der Waals surface area contributed by atoms with Crippen molar-refractivity contribution in [2.75, 3.05) is 21.2 Å². The summed E-state index contributed by atoms with van der Waals surface area (Å²) in [5.41, 5.74) is 2.23. The summed E-state index contributed by atoms with van der Waals surface area (Å²) in [6.07, 6.45) is 6.06. The Morgan fingerprint density at radius 3 is 2.48 bits per heavy atom. The third-order valence-corrected chi connectivity index (χ3v) is 6.35. The molecule has 0 spiro atoms.